The highest BCUT2D eigenvalue weighted by Crippen LogP contribution is 2.17. The van der Waals surface area contributed by atoms with Crippen molar-refractivity contribution in [2.45, 2.75) is 26.0 Å². The summed E-state index contributed by atoms with van der Waals surface area (Å²) in [5.74, 6) is 2.12. The van der Waals surface area contributed by atoms with E-state index in [-0.39, 0.29) is 6.61 Å². The topological polar surface area (TPSA) is 67.5 Å². The number of oxazole rings is 1. The number of hydrogen-bond acceptors (Lipinski definition) is 5. The molecule has 1 aromatic heterocycles. The van der Waals surface area contributed by atoms with Crippen molar-refractivity contribution in [3.05, 3.63) is 47.1 Å². The Morgan fingerprint density at radius 3 is 3.05 bits per heavy atom. The number of halogens is 1. The largest absolute Gasteiger partial charge is 0.491 e. The van der Waals surface area contributed by atoms with Crippen LogP contribution < -0.4 is 10.1 Å². The SMILES string of the molecule is CCc1cnc(CNCC(O)COc2cccc(Cl)c2)o1. The van der Waals surface area contributed by atoms with Crippen molar-refractivity contribution in [1.29, 1.82) is 0 Å². The van der Waals surface area contributed by atoms with Gasteiger partial charge in [-0.2, -0.15) is 0 Å². The van der Waals surface area contributed by atoms with Crippen molar-refractivity contribution in [2.75, 3.05) is 13.2 Å². The Bertz CT molecular complexity index is 559. The van der Waals surface area contributed by atoms with Crippen LogP contribution in [0.5, 0.6) is 5.75 Å². The van der Waals surface area contributed by atoms with Crippen molar-refractivity contribution in [3.63, 3.8) is 0 Å². The number of nitrogens with one attached hydrogen (secondary N) is 1. The zero-order valence-electron chi connectivity index (χ0n) is 11.9. The molecule has 0 aliphatic heterocycles. The van der Waals surface area contributed by atoms with Gasteiger partial charge < -0.3 is 19.6 Å². The zero-order valence-corrected chi connectivity index (χ0v) is 12.6. The van der Waals surface area contributed by atoms with E-state index in [0.29, 0.717) is 29.8 Å². The highest BCUT2D eigenvalue weighted by molar-refractivity contribution is 6.30. The third-order valence-corrected chi connectivity index (χ3v) is 3.08. The molecule has 0 spiro atoms. The molecule has 2 aromatic rings. The maximum atomic E-state index is 9.84. The number of ether oxygens (including phenoxy) is 1. The van der Waals surface area contributed by atoms with Gasteiger partial charge in [0.1, 0.15) is 24.2 Å². The fourth-order valence-corrected chi connectivity index (χ4v) is 1.93. The third kappa shape index (κ3) is 5.38. The number of hydrogen-bond donors (Lipinski definition) is 2. The highest BCUT2D eigenvalue weighted by atomic mass is 35.5. The van der Waals surface area contributed by atoms with Crippen LogP contribution in [-0.2, 0) is 13.0 Å². The van der Waals surface area contributed by atoms with E-state index < -0.39 is 6.10 Å². The van der Waals surface area contributed by atoms with E-state index in [1.807, 2.05) is 6.92 Å². The lowest BCUT2D eigenvalue weighted by Crippen LogP contribution is -2.31. The Hall–Kier alpha value is -1.56. The molecule has 0 aliphatic rings. The van der Waals surface area contributed by atoms with Crippen LogP contribution in [-0.4, -0.2) is 29.3 Å². The van der Waals surface area contributed by atoms with Gasteiger partial charge in [0.25, 0.3) is 0 Å². The van der Waals surface area contributed by atoms with E-state index in [4.69, 9.17) is 20.8 Å². The number of aromatic nitrogens is 1. The van der Waals surface area contributed by atoms with Gasteiger partial charge in [0.05, 0.1) is 12.7 Å². The van der Waals surface area contributed by atoms with Gasteiger partial charge in [0, 0.05) is 18.0 Å². The van der Waals surface area contributed by atoms with E-state index in [1.54, 1.807) is 30.5 Å². The fourth-order valence-electron chi connectivity index (χ4n) is 1.75. The van der Waals surface area contributed by atoms with Gasteiger partial charge in [-0.1, -0.05) is 24.6 Å². The van der Waals surface area contributed by atoms with Crippen molar-refractivity contribution < 1.29 is 14.3 Å². The first-order chi connectivity index (χ1) is 10.2. The Labute approximate surface area is 128 Å². The zero-order chi connectivity index (χ0) is 15.1. The smallest absolute Gasteiger partial charge is 0.208 e. The van der Waals surface area contributed by atoms with Crippen LogP contribution in [0.2, 0.25) is 5.02 Å². The molecule has 0 aliphatic carbocycles. The highest BCUT2D eigenvalue weighted by Gasteiger charge is 2.07. The van der Waals surface area contributed by atoms with Crippen LogP contribution in [0, 0.1) is 0 Å². The average molecular weight is 311 g/mol. The molecule has 2 N–H and O–H groups in total. The lowest BCUT2D eigenvalue weighted by Gasteiger charge is -2.12. The summed E-state index contributed by atoms with van der Waals surface area (Å²) in [6, 6.07) is 7.08. The molecule has 114 valence electrons. The lowest BCUT2D eigenvalue weighted by molar-refractivity contribution is 0.105. The number of nitrogens with zero attached hydrogens (tertiary/aromatic N) is 1. The van der Waals surface area contributed by atoms with Crippen LogP contribution in [0.15, 0.2) is 34.9 Å². The Kier molecular flexibility index (Phi) is 6.04. The monoisotopic (exact) mass is 310 g/mol. The summed E-state index contributed by atoms with van der Waals surface area (Å²) in [7, 11) is 0. The first kappa shape index (κ1) is 15.8. The molecule has 0 amide bonds. The van der Waals surface area contributed by atoms with E-state index in [9.17, 15) is 5.11 Å². The van der Waals surface area contributed by atoms with Gasteiger partial charge >= 0.3 is 0 Å². The summed E-state index contributed by atoms with van der Waals surface area (Å²) < 4.78 is 10.9. The second-order valence-corrected chi connectivity index (χ2v) is 5.06. The molecule has 5 nitrogen and oxygen atoms in total. The fraction of sp³-hybridized carbons (Fsp3) is 0.400. The standard InChI is InChI=1S/C15H19ClN2O3/c1-2-13-8-18-15(21-13)9-17-7-12(19)10-20-14-5-3-4-11(16)6-14/h3-6,8,12,17,19H,2,7,9-10H2,1H3. The molecule has 6 heteroatoms. The predicted molar refractivity (Wildman–Crippen MR) is 80.5 cm³/mol. The summed E-state index contributed by atoms with van der Waals surface area (Å²) in [4.78, 5) is 4.13. The first-order valence-corrected chi connectivity index (χ1v) is 7.26. The number of aryl methyl sites for hydroxylation is 1. The molecule has 0 fully saturated rings. The van der Waals surface area contributed by atoms with Gasteiger partial charge in [-0.3, -0.25) is 0 Å². The molecule has 0 bridgehead atoms. The van der Waals surface area contributed by atoms with Gasteiger partial charge in [0.2, 0.25) is 5.89 Å². The van der Waals surface area contributed by atoms with Crippen LogP contribution in [0.3, 0.4) is 0 Å². The molecular formula is C15H19ClN2O3. The molecule has 1 atom stereocenters. The average Bonchev–Trinajstić information content (AvgIpc) is 2.93. The molecule has 0 saturated heterocycles. The maximum absolute atomic E-state index is 9.84. The number of aliphatic hydroxyl groups excluding tert-OH is 1. The van der Waals surface area contributed by atoms with Crippen LogP contribution in [0.4, 0.5) is 0 Å². The van der Waals surface area contributed by atoms with E-state index >= 15 is 0 Å². The van der Waals surface area contributed by atoms with Gasteiger partial charge in [-0.05, 0) is 18.2 Å². The van der Waals surface area contributed by atoms with Crippen LogP contribution >= 0.6 is 11.6 Å². The molecule has 21 heavy (non-hydrogen) atoms. The molecular weight excluding hydrogens is 292 g/mol. The van der Waals surface area contributed by atoms with Gasteiger partial charge in [-0.25, -0.2) is 4.98 Å². The third-order valence-electron chi connectivity index (χ3n) is 2.84. The Morgan fingerprint density at radius 2 is 2.33 bits per heavy atom. The van der Waals surface area contributed by atoms with Gasteiger partial charge in [-0.15, -0.1) is 0 Å². The number of aliphatic hydroxyl groups is 1. The number of rotatable bonds is 8. The number of benzene rings is 1. The molecule has 0 radical (unpaired) electrons. The summed E-state index contributed by atoms with van der Waals surface area (Å²) in [5.41, 5.74) is 0. The first-order valence-electron chi connectivity index (χ1n) is 6.88. The quantitative estimate of drug-likeness (QED) is 0.784. The summed E-state index contributed by atoms with van der Waals surface area (Å²) in [6.07, 6.45) is 1.92. The summed E-state index contributed by atoms with van der Waals surface area (Å²) in [6.45, 7) is 3.08. The second kappa shape index (κ2) is 8.02. The minimum absolute atomic E-state index is 0.194. The normalized spacial score (nSPS) is 12.3. The summed E-state index contributed by atoms with van der Waals surface area (Å²) >= 11 is 5.85. The van der Waals surface area contributed by atoms with Gasteiger partial charge in [0.15, 0.2) is 0 Å². The van der Waals surface area contributed by atoms with Crippen molar-refractivity contribution >= 4 is 11.6 Å². The minimum Gasteiger partial charge on any atom is -0.491 e. The Balaban J connectivity index is 1.66. The van der Waals surface area contributed by atoms with Crippen molar-refractivity contribution in [3.8, 4) is 5.75 Å². The molecule has 0 saturated carbocycles. The van der Waals surface area contributed by atoms with E-state index in [0.717, 1.165) is 12.2 Å². The van der Waals surface area contributed by atoms with Crippen LogP contribution in [0.1, 0.15) is 18.6 Å². The van der Waals surface area contributed by atoms with Crippen molar-refractivity contribution in [1.82, 2.24) is 10.3 Å². The molecule has 1 aromatic carbocycles. The van der Waals surface area contributed by atoms with E-state index in [2.05, 4.69) is 10.3 Å². The van der Waals surface area contributed by atoms with Crippen molar-refractivity contribution in [2.24, 2.45) is 0 Å². The molecule has 1 unspecified atom stereocenters. The molecule has 1 heterocycles. The summed E-state index contributed by atoms with van der Waals surface area (Å²) in [5, 5.41) is 13.5. The lowest BCUT2D eigenvalue weighted by atomic mass is 10.3. The van der Waals surface area contributed by atoms with E-state index in [1.165, 1.54) is 0 Å². The minimum atomic E-state index is -0.621. The predicted octanol–water partition coefficient (Wildman–Crippen LogP) is 2.42. The Morgan fingerprint density at radius 1 is 1.48 bits per heavy atom. The van der Waals surface area contributed by atoms with Crippen LogP contribution in [0.25, 0.3) is 0 Å². The second-order valence-electron chi connectivity index (χ2n) is 4.63. The maximum Gasteiger partial charge on any atom is 0.208 e. The molecule has 2 rings (SSSR count).